The SMILES string of the molecule is CCC(I)N1CCN(C)C(NC(CC)N2CCN(C)CC2)C1. The lowest BCUT2D eigenvalue weighted by Gasteiger charge is -2.45. The molecule has 2 aliphatic rings. The largest absolute Gasteiger partial charge is 0.304 e. The van der Waals surface area contributed by atoms with Crippen molar-refractivity contribution in [2.75, 3.05) is 59.9 Å². The molecule has 2 saturated heterocycles. The van der Waals surface area contributed by atoms with E-state index in [1.165, 1.54) is 45.6 Å². The predicted octanol–water partition coefficient (Wildman–Crippen LogP) is 1.30. The van der Waals surface area contributed by atoms with Gasteiger partial charge in [-0.2, -0.15) is 0 Å². The summed E-state index contributed by atoms with van der Waals surface area (Å²) in [5.41, 5.74) is 0. The number of alkyl halides is 1. The van der Waals surface area contributed by atoms with Crippen LogP contribution in [0.15, 0.2) is 0 Å². The van der Waals surface area contributed by atoms with E-state index in [2.05, 4.69) is 75.5 Å². The van der Waals surface area contributed by atoms with Gasteiger partial charge in [-0.1, -0.05) is 36.4 Å². The Balaban J connectivity index is 1.90. The average Bonchev–Trinajstić information content (AvgIpc) is 2.54. The van der Waals surface area contributed by atoms with Crippen molar-refractivity contribution in [3.63, 3.8) is 0 Å². The number of rotatable bonds is 6. The van der Waals surface area contributed by atoms with Gasteiger partial charge in [-0.15, -0.1) is 0 Å². The van der Waals surface area contributed by atoms with E-state index in [-0.39, 0.29) is 0 Å². The average molecular weight is 423 g/mol. The number of halogens is 1. The monoisotopic (exact) mass is 423 g/mol. The zero-order valence-electron chi connectivity index (χ0n) is 14.8. The van der Waals surface area contributed by atoms with Gasteiger partial charge >= 0.3 is 0 Å². The van der Waals surface area contributed by atoms with Crippen LogP contribution in [-0.4, -0.2) is 95.9 Å². The minimum Gasteiger partial charge on any atom is -0.304 e. The fourth-order valence-electron chi connectivity index (χ4n) is 3.42. The highest BCUT2D eigenvalue weighted by Gasteiger charge is 2.30. The van der Waals surface area contributed by atoms with Crippen LogP contribution in [0.3, 0.4) is 0 Å². The Bertz CT molecular complexity index is 322. The quantitative estimate of drug-likeness (QED) is 0.395. The summed E-state index contributed by atoms with van der Waals surface area (Å²) in [4.78, 5) is 10.2. The van der Waals surface area contributed by atoms with Crippen molar-refractivity contribution < 1.29 is 0 Å². The smallest absolute Gasteiger partial charge is 0.0738 e. The molecule has 0 bridgehead atoms. The highest BCUT2D eigenvalue weighted by molar-refractivity contribution is 14.1. The number of likely N-dealkylation sites (N-methyl/N-ethyl adjacent to an activating group) is 2. The third kappa shape index (κ3) is 5.01. The van der Waals surface area contributed by atoms with Crippen LogP contribution >= 0.6 is 22.6 Å². The van der Waals surface area contributed by atoms with Crippen molar-refractivity contribution >= 4 is 22.6 Å². The van der Waals surface area contributed by atoms with Crippen LogP contribution in [0.1, 0.15) is 26.7 Å². The maximum absolute atomic E-state index is 3.94. The molecule has 0 aliphatic carbocycles. The molecule has 3 atom stereocenters. The van der Waals surface area contributed by atoms with Crippen LogP contribution in [0.2, 0.25) is 0 Å². The van der Waals surface area contributed by atoms with Gasteiger partial charge in [0.15, 0.2) is 0 Å². The number of hydrogen-bond donors (Lipinski definition) is 1. The molecule has 0 spiro atoms. The molecule has 0 aromatic carbocycles. The first-order valence-corrected chi connectivity index (χ1v) is 10.1. The van der Waals surface area contributed by atoms with Gasteiger partial charge in [-0.05, 0) is 26.9 Å². The summed E-state index contributed by atoms with van der Waals surface area (Å²) in [5.74, 6) is 0. The minimum absolute atomic E-state index is 0.474. The van der Waals surface area contributed by atoms with Crippen molar-refractivity contribution in [2.24, 2.45) is 0 Å². The van der Waals surface area contributed by atoms with E-state index in [1.807, 2.05) is 0 Å². The number of nitrogens with one attached hydrogen (secondary N) is 1. The van der Waals surface area contributed by atoms with Gasteiger partial charge in [-0.25, -0.2) is 0 Å². The molecule has 5 nitrogen and oxygen atoms in total. The topological polar surface area (TPSA) is 25.0 Å². The summed E-state index contributed by atoms with van der Waals surface area (Å²) < 4.78 is 0.666. The molecule has 2 heterocycles. The molecule has 0 saturated carbocycles. The van der Waals surface area contributed by atoms with Gasteiger partial charge in [0.05, 0.1) is 16.4 Å². The Morgan fingerprint density at radius 2 is 1.59 bits per heavy atom. The minimum atomic E-state index is 0.474. The van der Waals surface area contributed by atoms with E-state index in [0.717, 1.165) is 13.1 Å². The summed E-state index contributed by atoms with van der Waals surface area (Å²) in [7, 11) is 4.49. The maximum Gasteiger partial charge on any atom is 0.0738 e. The molecule has 3 unspecified atom stereocenters. The molecule has 22 heavy (non-hydrogen) atoms. The molecule has 0 aromatic heterocycles. The van der Waals surface area contributed by atoms with Crippen LogP contribution in [-0.2, 0) is 0 Å². The second kappa shape index (κ2) is 9.13. The molecular formula is C16H34IN5. The zero-order chi connectivity index (χ0) is 16.1. The highest BCUT2D eigenvalue weighted by Crippen LogP contribution is 2.17. The number of nitrogens with zero attached hydrogens (tertiary/aromatic N) is 4. The molecule has 0 amide bonds. The normalized spacial score (nSPS) is 29.6. The Hall–Kier alpha value is 0.530. The predicted molar refractivity (Wildman–Crippen MR) is 102 cm³/mol. The van der Waals surface area contributed by atoms with Crippen molar-refractivity contribution in [3.05, 3.63) is 0 Å². The Labute approximate surface area is 150 Å². The van der Waals surface area contributed by atoms with Crippen LogP contribution in [0.4, 0.5) is 0 Å². The van der Waals surface area contributed by atoms with Gasteiger partial charge < -0.3 is 4.90 Å². The van der Waals surface area contributed by atoms with Crippen molar-refractivity contribution in [3.8, 4) is 0 Å². The Morgan fingerprint density at radius 1 is 0.955 bits per heavy atom. The molecule has 0 aromatic rings. The second-order valence-corrected chi connectivity index (χ2v) is 8.20. The first-order chi connectivity index (χ1) is 10.5. The Morgan fingerprint density at radius 3 is 2.18 bits per heavy atom. The highest BCUT2D eigenvalue weighted by atomic mass is 127. The summed E-state index contributed by atoms with van der Waals surface area (Å²) in [5, 5.41) is 3.94. The third-order valence-electron chi connectivity index (χ3n) is 5.16. The molecule has 2 fully saturated rings. The molecule has 6 heteroatoms. The van der Waals surface area contributed by atoms with E-state index in [9.17, 15) is 0 Å². The third-order valence-corrected chi connectivity index (χ3v) is 6.83. The lowest BCUT2D eigenvalue weighted by atomic mass is 10.2. The van der Waals surface area contributed by atoms with Gasteiger partial charge in [0, 0.05) is 45.8 Å². The van der Waals surface area contributed by atoms with Crippen molar-refractivity contribution in [1.82, 2.24) is 24.9 Å². The summed E-state index contributed by atoms with van der Waals surface area (Å²) in [6.45, 7) is 12.9. The van der Waals surface area contributed by atoms with E-state index < -0.39 is 0 Å². The van der Waals surface area contributed by atoms with E-state index in [0.29, 0.717) is 16.4 Å². The summed E-state index contributed by atoms with van der Waals surface area (Å²) >= 11 is 2.59. The number of hydrogen-bond acceptors (Lipinski definition) is 5. The van der Waals surface area contributed by atoms with Gasteiger partial charge in [0.25, 0.3) is 0 Å². The van der Waals surface area contributed by atoms with Crippen molar-refractivity contribution in [1.29, 1.82) is 0 Å². The summed E-state index contributed by atoms with van der Waals surface area (Å²) in [6.07, 6.45) is 3.39. The fourth-order valence-corrected chi connectivity index (χ4v) is 3.93. The molecule has 0 radical (unpaired) electrons. The first-order valence-electron chi connectivity index (χ1n) is 8.82. The fraction of sp³-hybridized carbons (Fsp3) is 1.00. The van der Waals surface area contributed by atoms with Gasteiger partial charge in [0.2, 0.25) is 0 Å². The summed E-state index contributed by atoms with van der Waals surface area (Å²) in [6, 6.07) is 0. The van der Waals surface area contributed by atoms with Crippen LogP contribution in [0.25, 0.3) is 0 Å². The van der Waals surface area contributed by atoms with E-state index >= 15 is 0 Å². The van der Waals surface area contributed by atoms with Gasteiger partial charge in [-0.3, -0.25) is 20.0 Å². The van der Waals surface area contributed by atoms with Crippen molar-refractivity contribution in [2.45, 2.75) is 43.1 Å². The molecule has 1 N–H and O–H groups in total. The number of piperazine rings is 2. The van der Waals surface area contributed by atoms with Crippen LogP contribution in [0, 0.1) is 0 Å². The van der Waals surface area contributed by atoms with E-state index in [4.69, 9.17) is 0 Å². The zero-order valence-corrected chi connectivity index (χ0v) is 16.9. The van der Waals surface area contributed by atoms with Crippen LogP contribution < -0.4 is 5.32 Å². The standard InChI is InChI=1S/C16H34IN5/c1-5-14(17)22-12-9-20(4)16(13-22)18-15(6-2)21-10-7-19(3)8-11-21/h14-16,18H,5-13H2,1-4H3. The Kier molecular flexibility index (Phi) is 7.83. The van der Waals surface area contributed by atoms with Gasteiger partial charge in [0.1, 0.15) is 0 Å². The lowest BCUT2D eigenvalue weighted by molar-refractivity contribution is 0.0239. The molecule has 2 rings (SSSR count). The molecular weight excluding hydrogens is 389 g/mol. The molecule has 130 valence electrons. The van der Waals surface area contributed by atoms with E-state index in [1.54, 1.807) is 0 Å². The molecule has 2 aliphatic heterocycles. The maximum atomic E-state index is 3.94. The lowest BCUT2D eigenvalue weighted by Crippen LogP contribution is -2.64. The first kappa shape index (κ1) is 18.9. The second-order valence-electron chi connectivity index (χ2n) is 6.76. The van der Waals surface area contributed by atoms with Crippen LogP contribution in [0.5, 0.6) is 0 Å².